The fourth-order valence-electron chi connectivity index (χ4n) is 6.02. The predicted molar refractivity (Wildman–Crippen MR) is 231 cm³/mol. The highest BCUT2D eigenvalue weighted by Gasteiger charge is 2.34. The van der Waals surface area contributed by atoms with Gasteiger partial charge in [0.2, 0.25) is 0 Å². The first-order chi connectivity index (χ1) is 24.9. The van der Waals surface area contributed by atoms with Crippen LogP contribution in [0.5, 0.6) is 11.5 Å². The molecule has 0 aromatic heterocycles. The van der Waals surface area contributed by atoms with E-state index in [0.29, 0.717) is 16.3 Å². The third kappa shape index (κ3) is 10.00. The second-order valence-electron chi connectivity index (χ2n) is 12.3. The number of halogens is 10. The second kappa shape index (κ2) is 16.3. The van der Waals surface area contributed by atoms with Crippen LogP contribution in [-0.4, -0.2) is 12.7 Å². The quantitative estimate of drug-likeness (QED) is 0.112. The van der Waals surface area contributed by atoms with E-state index in [1.807, 2.05) is 99.0 Å². The first kappa shape index (κ1) is 40.1. The van der Waals surface area contributed by atoms with Crippen molar-refractivity contribution in [3.05, 3.63) is 146 Å². The Morgan fingerprint density at radius 3 is 1.25 bits per heavy atom. The molecule has 0 radical (unpaired) electrons. The zero-order chi connectivity index (χ0) is 38.2. The van der Waals surface area contributed by atoms with Crippen molar-refractivity contribution >= 4 is 90.4 Å². The molecule has 0 amide bonds. The number of hydrogen-bond donors (Lipinski definition) is 0. The molecule has 0 unspecified atom stereocenters. The summed E-state index contributed by atoms with van der Waals surface area (Å²) in [4.78, 5) is 0. The van der Waals surface area contributed by atoms with E-state index >= 15 is 0 Å². The average molecular weight is 1170 g/mol. The van der Waals surface area contributed by atoms with Crippen LogP contribution in [0.1, 0.15) is 22.3 Å². The minimum Gasteiger partial charge on any atom is -0.404 e. The summed E-state index contributed by atoms with van der Waals surface area (Å²) in [5, 5.41) is 0. The molecular weight excluding hydrogens is 1150 g/mol. The Bertz CT molecular complexity index is 2090. The molecule has 0 saturated heterocycles. The molecule has 6 aromatic rings. The Labute approximate surface area is 357 Å². The van der Waals surface area contributed by atoms with E-state index in [0.717, 1.165) is 71.2 Å². The molecule has 2 nitrogen and oxygen atoms in total. The lowest BCUT2D eigenvalue weighted by atomic mass is 9.94. The Kier molecular flexibility index (Phi) is 12.3. The number of benzene rings is 6. The Balaban J connectivity index is 1.12. The van der Waals surface area contributed by atoms with Crippen molar-refractivity contribution in [1.29, 1.82) is 0 Å². The summed E-state index contributed by atoms with van der Waals surface area (Å²) >= 11 is 7.88. The van der Waals surface area contributed by atoms with E-state index < -0.39 is 12.7 Å². The zero-order valence-electron chi connectivity index (χ0n) is 27.7. The molecule has 0 atom stereocenters. The highest BCUT2D eigenvalue weighted by atomic mass is 127. The van der Waals surface area contributed by atoms with Crippen molar-refractivity contribution in [2.24, 2.45) is 0 Å². The lowest BCUT2D eigenvalue weighted by Crippen LogP contribution is -2.18. The van der Waals surface area contributed by atoms with Crippen LogP contribution in [0.3, 0.4) is 0 Å². The number of alkyl halides is 6. The standard InChI is InChI=1S/C41H26F6I4O2/c1-22-15-28(11-13-32(22)31-20-36(50)39(37(51)21-31)53-41(45,46)47)26-7-3-24(4-8-26)17-25-5-9-27(10-6-25)29-12-14-33(34(48)18-29)30-16-23(2)38(35(49)19-30)52-40(42,43)44/h3-16,18-21H,17H2,1-2H3. The summed E-state index contributed by atoms with van der Waals surface area (Å²) in [5.74, 6) is -0.362. The SMILES string of the molecule is Cc1cc(-c2ccc(Cc3ccc(-c4ccc(-c5cc(C)c(OC(F)(F)F)c(I)c5)c(I)c4)cc3)cc2)ccc1-c1cc(I)c(OC(F)(F)F)c(I)c1. The highest BCUT2D eigenvalue weighted by Crippen LogP contribution is 2.39. The van der Waals surface area contributed by atoms with Gasteiger partial charge in [-0.1, -0.05) is 78.9 Å². The summed E-state index contributed by atoms with van der Waals surface area (Å²) in [5.41, 5.74) is 11.5. The van der Waals surface area contributed by atoms with E-state index in [4.69, 9.17) is 0 Å². The smallest absolute Gasteiger partial charge is 0.404 e. The molecule has 0 bridgehead atoms. The van der Waals surface area contributed by atoms with Crippen LogP contribution in [-0.2, 0) is 6.42 Å². The van der Waals surface area contributed by atoms with Crippen molar-refractivity contribution in [1.82, 2.24) is 0 Å². The van der Waals surface area contributed by atoms with Gasteiger partial charge < -0.3 is 9.47 Å². The normalized spacial score (nSPS) is 11.8. The van der Waals surface area contributed by atoms with Gasteiger partial charge in [-0.15, -0.1) is 26.3 Å². The summed E-state index contributed by atoms with van der Waals surface area (Å²) in [6.07, 6.45) is -8.75. The molecule has 0 fully saturated rings. The van der Waals surface area contributed by atoms with E-state index in [-0.39, 0.29) is 11.5 Å². The molecule has 6 rings (SSSR count). The Morgan fingerprint density at radius 1 is 0.415 bits per heavy atom. The van der Waals surface area contributed by atoms with Gasteiger partial charge in [0.1, 0.15) is 5.75 Å². The van der Waals surface area contributed by atoms with E-state index in [2.05, 4.69) is 92.7 Å². The van der Waals surface area contributed by atoms with Gasteiger partial charge >= 0.3 is 12.7 Å². The third-order valence-corrected chi connectivity index (χ3v) is 11.8. The van der Waals surface area contributed by atoms with E-state index in [1.165, 1.54) is 0 Å². The van der Waals surface area contributed by atoms with Gasteiger partial charge in [0.25, 0.3) is 0 Å². The van der Waals surface area contributed by atoms with Gasteiger partial charge in [0, 0.05) is 3.57 Å². The minimum atomic E-state index is -4.75. The lowest BCUT2D eigenvalue weighted by molar-refractivity contribution is -0.276. The molecule has 0 N–H and O–H groups in total. The van der Waals surface area contributed by atoms with Crippen molar-refractivity contribution in [2.75, 3.05) is 0 Å². The number of ether oxygens (including phenoxy) is 2. The zero-order valence-corrected chi connectivity index (χ0v) is 36.3. The molecule has 0 aliphatic rings. The summed E-state index contributed by atoms with van der Waals surface area (Å²) in [6, 6.07) is 35.8. The summed E-state index contributed by atoms with van der Waals surface area (Å²) in [7, 11) is 0. The lowest BCUT2D eigenvalue weighted by Gasteiger charge is -2.16. The van der Waals surface area contributed by atoms with Crippen LogP contribution in [0.15, 0.2) is 109 Å². The largest absolute Gasteiger partial charge is 0.573 e. The molecular formula is C41H26F6I4O2. The molecule has 0 aliphatic carbocycles. The molecule has 53 heavy (non-hydrogen) atoms. The van der Waals surface area contributed by atoms with Crippen LogP contribution in [0.4, 0.5) is 26.3 Å². The highest BCUT2D eigenvalue weighted by molar-refractivity contribution is 14.1. The van der Waals surface area contributed by atoms with Crippen LogP contribution in [0.2, 0.25) is 0 Å². The molecule has 12 heteroatoms. The van der Waals surface area contributed by atoms with Crippen molar-refractivity contribution in [3.8, 4) is 56.0 Å². The van der Waals surface area contributed by atoms with Gasteiger partial charge in [-0.3, -0.25) is 0 Å². The van der Waals surface area contributed by atoms with Gasteiger partial charge in [0.15, 0.2) is 5.75 Å². The van der Waals surface area contributed by atoms with Crippen molar-refractivity contribution < 1.29 is 35.8 Å². The first-order valence-electron chi connectivity index (χ1n) is 15.8. The monoisotopic (exact) mass is 1170 g/mol. The van der Waals surface area contributed by atoms with Crippen LogP contribution in [0, 0.1) is 28.1 Å². The second-order valence-corrected chi connectivity index (χ2v) is 16.9. The molecule has 0 aliphatic heterocycles. The number of hydrogen-bond acceptors (Lipinski definition) is 2. The van der Waals surface area contributed by atoms with Crippen LogP contribution < -0.4 is 9.47 Å². The minimum absolute atomic E-state index is 0.176. The molecule has 0 saturated carbocycles. The fraction of sp³-hybridized carbons (Fsp3) is 0.122. The molecule has 0 spiro atoms. The van der Waals surface area contributed by atoms with Crippen LogP contribution in [0.25, 0.3) is 44.5 Å². The van der Waals surface area contributed by atoms with Crippen molar-refractivity contribution in [3.63, 3.8) is 0 Å². The van der Waals surface area contributed by atoms with E-state index in [1.54, 1.807) is 31.2 Å². The van der Waals surface area contributed by atoms with Gasteiger partial charge in [-0.25, -0.2) is 0 Å². The number of rotatable bonds is 8. The van der Waals surface area contributed by atoms with Gasteiger partial charge in [-0.05, 0) is 208 Å². The molecule has 272 valence electrons. The van der Waals surface area contributed by atoms with E-state index in [9.17, 15) is 26.3 Å². The molecule has 6 aromatic carbocycles. The van der Waals surface area contributed by atoms with Gasteiger partial charge in [-0.2, -0.15) is 0 Å². The maximum Gasteiger partial charge on any atom is 0.573 e. The predicted octanol–water partition coefficient (Wildman–Crippen LogP) is 14.8. The summed E-state index contributed by atoms with van der Waals surface area (Å²) < 4.78 is 87.8. The maximum absolute atomic E-state index is 12.9. The Hall–Kier alpha value is -2.58. The van der Waals surface area contributed by atoms with Crippen LogP contribution >= 0.6 is 90.4 Å². The summed E-state index contributed by atoms with van der Waals surface area (Å²) in [6.45, 7) is 3.60. The maximum atomic E-state index is 12.9. The average Bonchev–Trinajstić information content (AvgIpc) is 3.07. The topological polar surface area (TPSA) is 18.5 Å². The third-order valence-electron chi connectivity index (χ3n) is 8.46. The first-order valence-corrected chi connectivity index (χ1v) is 20.2. The molecule has 0 heterocycles. The van der Waals surface area contributed by atoms with Crippen molar-refractivity contribution in [2.45, 2.75) is 33.0 Å². The van der Waals surface area contributed by atoms with Gasteiger partial charge in [0.05, 0.1) is 10.7 Å². The Morgan fingerprint density at radius 2 is 0.792 bits per heavy atom. The fourth-order valence-corrected chi connectivity index (χ4v) is 9.71. The number of aryl methyl sites for hydroxylation is 2.